The van der Waals surface area contributed by atoms with E-state index in [0.29, 0.717) is 29.1 Å². The van der Waals surface area contributed by atoms with Crippen molar-refractivity contribution in [2.45, 2.75) is 43.9 Å². The number of nitrogens with zero attached hydrogens (tertiary/aromatic N) is 3. The summed E-state index contributed by atoms with van der Waals surface area (Å²) in [6.07, 6.45) is 2.50. The molecule has 0 unspecified atom stereocenters. The van der Waals surface area contributed by atoms with E-state index >= 15 is 0 Å². The number of aromatic hydroxyl groups is 1. The zero-order valence-corrected chi connectivity index (χ0v) is 25.3. The van der Waals surface area contributed by atoms with Crippen molar-refractivity contribution in [1.29, 1.82) is 0 Å². The molecule has 0 spiro atoms. The van der Waals surface area contributed by atoms with E-state index in [1.807, 2.05) is 25.1 Å². The number of ketones is 2. The van der Waals surface area contributed by atoms with E-state index in [1.165, 1.54) is 4.90 Å². The van der Waals surface area contributed by atoms with Crippen LogP contribution in [0, 0.1) is 11.8 Å². The third kappa shape index (κ3) is 4.26. The second-order valence-electron chi connectivity index (χ2n) is 12.8. The van der Waals surface area contributed by atoms with Crippen LogP contribution in [0.25, 0.3) is 11.3 Å². The lowest BCUT2D eigenvalue weighted by atomic mass is 9.58. The highest BCUT2D eigenvalue weighted by Gasteiger charge is 2.63. The van der Waals surface area contributed by atoms with Crippen molar-refractivity contribution in [2.24, 2.45) is 17.6 Å². The van der Waals surface area contributed by atoms with Crippen molar-refractivity contribution >= 4 is 23.2 Å². The summed E-state index contributed by atoms with van der Waals surface area (Å²) < 4.78 is 6.13. The largest absolute Gasteiger partial charge is 0.510 e. The van der Waals surface area contributed by atoms with E-state index < -0.39 is 58.0 Å². The van der Waals surface area contributed by atoms with Crippen LogP contribution < -0.4 is 10.6 Å². The number of amides is 1. The number of primary amides is 1. The minimum Gasteiger partial charge on any atom is -0.510 e. The second kappa shape index (κ2) is 10.5. The van der Waals surface area contributed by atoms with E-state index in [-0.39, 0.29) is 29.7 Å². The van der Waals surface area contributed by atoms with Gasteiger partial charge in [-0.2, -0.15) is 0 Å². The number of carbonyl (C=O) groups is 3. The summed E-state index contributed by atoms with van der Waals surface area (Å²) in [4.78, 5) is 45.7. The molecule has 6 rings (SSSR count). The zero-order valence-electron chi connectivity index (χ0n) is 25.3. The number of nitrogens with two attached hydrogens (primary N) is 1. The first kappa shape index (κ1) is 29.9. The van der Waals surface area contributed by atoms with Crippen LogP contribution in [-0.2, 0) is 22.6 Å². The van der Waals surface area contributed by atoms with E-state index in [9.17, 15) is 34.8 Å². The van der Waals surface area contributed by atoms with Gasteiger partial charge in [-0.25, -0.2) is 0 Å². The number of likely N-dealkylation sites (tertiary alicyclic amines) is 1. The van der Waals surface area contributed by atoms with Gasteiger partial charge in [0.1, 0.15) is 34.4 Å². The SMILES string of the molecule is CN(C)c1cc(-c2ccc(CN3CCCC3)o2)c(O)c2c1C[C@@H]1C[C@@H]3[C@@H](N(C)C)C(O)=C(C(N)=O)C(=O)[C@]3(O)C(O)=C1C2=O. The monoisotopic (exact) mass is 606 g/mol. The molecule has 12 nitrogen and oxygen atoms in total. The summed E-state index contributed by atoms with van der Waals surface area (Å²) in [5.74, 6) is -5.71. The van der Waals surface area contributed by atoms with Crippen LogP contribution >= 0.6 is 0 Å². The summed E-state index contributed by atoms with van der Waals surface area (Å²) >= 11 is 0. The van der Waals surface area contributed by atoms with Gasteiger partial charge in [-0.05, 0) is 82.5 Å². The molecule has 1 aromatic carbocycles. The number of hydrogen-bond acceptors (Lipinski definition) is 11. The van der Waals surface area contributed by atoms with Crippen molar-refractivity contribution in [1.82, 2.24) is 9.80 Å². The van der Waals surface area contributed by atoms with Crippen LogP contribution in [0.4, 0.5) is 5.69 Å². The lowest BCUT2D eigenvalue weighted by Gasteiger charge is -2.50. The smallest absolute Gasteiger partial charge is 0.255 e. The Labute approximate surface area is 254 Å². The maximum Gasteiger partial charge on any atom is 0.255 e. The van der Waals surface area contributed by atoms with Gasteiger partial charge < -0.3 is 35.5 Å². The van der Waals surface area contributed by atoms with E-state index in [1.54, 1.807) is 26.2 Å². The number of phenolic OH excluding ortho intramolecular Hbond substituents is 1. The molecule has 1 saturated heterocycles. The van der Waals surface area contributed by atoms with Gasteiger partial charge in [-0.1, -0.05) is 0 Å². The third-order valence-electron chi connectivity index (χ3n) is 9.69. The summed E-state index contributed by atoms with van der Waals surface area (Å²) in [5.41, 5.74) is 3.17. The van der Waals surface area contributed by atoms with Gasteiger partial charge in [0.05, 0.1) is 23.7 Å². The standard InChI is InChI=1S/C32H38N4O8/c1-34(2)20-13-18(21-8-7-16(44-21)14-36-9-5-6-10-36)26(37)23-17(20)11-15-12-19-25(35(3)4)28(39)24(31(33)42)30(41)32(19,43)29(40)22(15)27(23)38/h7-8,13,15,19,25,37,39-40,43H,5-6,9-12,14H2,1-4H3,(H2,33,42)/t15-,19-,25-,32-/m1/s1. The molecule has 6 N–H and O–H groups in total. The number of aliphatic hydroxyl groups excluding tert-OH is 2. The Morgan fingerprint density at radius 3 is 2.41 bits per heavy atom. The summed E-state index contributed by atoms with van der Waals surface area (Å²) in [7, 11) is 6.84. The molecule has 3 aliphatic carbocycles. The predicted molar refractivity (Wildman–Crippen MR) is 160 cm³/mol. The Kier molecular flexibility index (Phi) is 7.14. The van der Waals surface area contributed by atoms with Gasteiger partial charge in [-0.15, -0.1) is 0 Å². The fourth-order valence-corrected chi connectivity index (χ4v) is 7.65. The molecule has 2 heterocycles. The number of allylic oxidation sites excluding steroid dienone is 1. The Balaban J connectivity index is 1.49. The number of benzene rings is 1. The van der Waals surface area contributed by atoms with Gasteiger partial charge in [0.15, 0.2) is 11.4 Å². The summed E-state index contributed by atoms with van der Waals surface area (Å²) in [6, 6.07) is 4.33. The number of furan rings is 1. The maximum absolute atomic E-state index is 14.3. The molecule has 234 valence electrons. The van der Waals surface area contributed by atoms with Crippen molar-refractivity contribution in [3.63, 3.8) is 0 Å². The van der Waals surface area contributed by atoms with Gasteiger partial charge in [-0.3, -0.25) is 24.2 Å². The Morgan fingerprint density at radius 1 is 1.11 bits per heavy atom. The molecule has 0 bridgehead atoms. The Morgan fingerprint density at radius 2 is 1.80 bits per heavy atom. The Bertz CT molecular complexity index is 1650. The fraction of sp³-hybridized carbons (Fsp3) is 0.469. The van der Waals surface area contributed by atoms with Crippen molar-refractivity contribution in [2.75, 3.05) is 46.2 Å². The van der Waals surface area contributed by atoms with Gasteiger partial charge in [0.2, 0.25) is 5.78 Å². The molecule has 1 aromatic heterocycles. The maximum atomic E-state index is 14.3. The second-order valence-corrected chi connectivity index (χ2v) is 12.8. The highest BCUT2D eigenvalue weighted by Crippen LogP contribution is 2.54. The summed E-state index contributed by atoms with van der Waals surface area (Å²) in [6.45, 7) is 2.60. The van der Waals surface area contributed by atoms with Crippen LogP contribution in [0.3, 0.4) is 0 Å². The van der Waals surface area contributed by atoms with E-state index in [4.69, 9.17) is 10.2 Å². The number of fused-ring (bicyclic) bond motifs is 3. The van der Waals surface area contributed by atoms with E-state index in [0.717, 1.165) is 31.7 Å². The number of anilines is 1. The van der Waals surface area contributed by atoms with Crippen molar-refractivity contribution < 1.29 is 39.2 Å². The highest BCUT2D eigenvalue weighted by molar-refractivity contribution is 6.25. The average Bonchev–Trinajstić information content (AvgIpc) is 3.63. The normalized spacial score (nSPS) is 27.1. The highest BCUT2D eigenvalue weighted by atomic mass is 16.4. The first-order chi connectivity index (χ1) is 20.8. The number of aliphatic hydroxyl groups is 3. The average molecular weight is 607 g/mol. The molecule has 0 saturated carbocycles. The Hall–Kier alpha value is -4.13. The lowest BCUT2D eigenvalue weighted by molar-refractivity contribution is -0.148. The number of carbonyl (C=O) groups excluding carboxylic acids is 3. The van der Waals surface area contributed by atoms with Gasteiger partial charge in [0, 0.05) is 31.3 Å². The minimum atomic E-state index is -2.69. The van der Waals surface area contributed by atoms with Gasteiger partial charge in [0.25, 0.3) is 5.91 Å². The van der Waals surface area contributed by atoms with Crippen molar-refractivity contribution in [3.8, 4) is 17.1 Å². The molecule has 1 fully saturated rings. The third-order valence-corrected chi connectivity index (χ3v) is 9.69. The van der Waals surface area contributed by atoms with Crippen LogP contribution in [0.2, 0.25) is 0 Å². The number of phenols is 1. The summed E-state index contributed by atoms with van der Waals surface area (Å²) in [5, 5.41) is 46.0. The first-order valence-electron chi connectivity index (χ1n) is 14.8. The quantitative estimate of drug-likeness (QED) is 0.304. The van der Waals surface area contributed by atoms with Crippen LogP contribution in [0.5, 0.6) is 5.75 Å². The molecule has 2 aromatic rings. The van der Waals surface area contributed by atoms with Crippen LogP contribution in [0.15, 0.2) is 45.3 Å². The zero-order chi connectivity index (χ0) is 31.8. The molecule has 44 heavy (non-hydrogen) atoms. The number of likely N-dealkylation sites (N-methyl/N-ethyl adjacent to an activating group) is 1. The van der Waals surface area contributed by atoms with Gasteiger partial charge >= 0.3 is 0 Å². The number of Topliss-reactive ketones (excluding diaryl/α,β-unsaturated/α-hetero) is 2. The number of hydrogen-bond donors (Lipinski definition) is 5. The first-order valence-corrected chi connectivity index (χ1v) is 14.8. The molecule has 4 atom stereocenters. The topological polar surface area (TPSA) is 181 Å². The van der Waals surface area contributed by atoms with Crippen molar-refractivity contribution in [3.05, 3.63) is 57.8 Å². The van der Waals surface area contributed by atoms with Crippen LogP contribution in [0.1, 0.15) is 40.9 Å². The molecule has 12 heteroatoms. The molecule has 1 aliphatic heterocycles. The number of rotatable bonds is 6. The molecule has 0 radical (unpaired) electrons. The predicted octanol–water partition coefficient (Wildman–Crippen LogP) is 2.04. The lowest BCUT2D eigenvalue weighted by Crippen LogP contribution is -2.63. The molecule has 4 aliphatic rings. The fourth-order valence-electron chi connectivity index (χ4n) is 7.65. The van der Waals surface area contributed by atoms with E-state index in [2.05, 4.69) is 4.90 Å². The molecular formula is C32H38N4O8. The van der Waals surface area contributed by atoms with Crippen LogP contribution in [-0.4, -0.2) is 101 Å². The molecular weight excluding hydrogens is 568 g/mol. The minimum absolute atomic E-state index is 0.0270. The molecule has 1 amide bonds.